The van der Waals surface area contributed by atoms with Gasteiger partial charge in [0.05, 0.1) is 0 Å². The first-order valence-corrected chi connectivity index (χ1v) is 7.06. The Kier molecular flexibility index (Phi) is 4.62. The Labute approximate surface area is 123 Å². The standard InChI is InChI=1S/C16H20N2O3/c1-10(2)8-9-14(19)17-18-16(20)15-11(3)12-6-4-5-7-13(12)21-15/h4-7,10H,8-9H2,1-3H3,(H,17,19)(H,18,20). The van der Waals surface area contributed by atoms with E-state index in [0.717, 1.165) is 17.4 Å². The first-order chi connectivity index (χ1) is 9.99. The van der Waals surface area contributed by atoms with Gasteiger partial charge in [-0.05, 0) is 25.3 Å². The second kappa shape index (κ2) is 6.43. The summed E-state index contributed by atoms with van der Waals surface area (Å²) in [5, 5.41) is 0.897. The number of aryl methyl sites for hydroxylation is 1. The zero-order chi connectivity index (χ0) is 15.4. The maximum Gasteiger partial charge on any atom is 0.305 e. The number of amides is 2. The van der Waals surface area contributed by atoms with Gasteiger partial charge in [-0.15, -0.1) is 0 Å². The molecule has 0 aliphatic carbocycles. The van der Waals surface area contributed by atoms with Gasteiger partial charge >= 0.3 is 5.91 Å². The number of para-hydroxylation sites is 1. The van der Waals surface area contributed by atoms with Crippen molar-refractivity contribution in [2.75, 3.05) is 0 Å². The van der Waals surface area contributed by atoms with Crippen molar-refractivity contribution in [2.45, 2.75) is 33.6 Å². The molecule has 0 bridgehead atoms. The third kappa shape index (κ3) is 3.62. The van der Waals surface area contributed by atoms with Gasteiger partial charge in [0.1, 0.15) is 5.58 Å². The van der Waals surface area contributed by atoms with Crippen LogP contribution in [0.15, 0.2) is 28.7 Å². The maximum absolute atomic E-state index is 12.1. The lowest BCUT2D eigenvalue weighted by molar-refractivity contribution is -0.122. The van der Waals surface area contributed by atoms with Crippen LogP contribution in [0.2, 0.25) is 0 Å². The topological polar surface area (TPSA) is 71.3 Å². The molecule has 0 spiro atoms. The van der Waals surface area contributed by atoms with Gasteiger partial charge in [0.15, 0.2) is 5.76 Å². The normalized spacial score (nSPS) is 10.9. The van der Waals surface area contributed by atoms with E-state index in [1.165, 1.54) is 0 Å². The Bertz CT molecular complexity index is 659. The molecule has 0 aliphatic rings. The first-order valence-electron chi connectivity index (χ1n) is 7.06. The highest BCUT2D eigenvalue weighted by atomic mass is 16.3. The van der Waals surface area contributed by atoms with E-state index in [-0.39, 0.29) is 11.7 Å². The van der Waals surface area contributed by atoms with Gasteiger partial charge in [-0.1, -0.05) is 32.0 Å². The smallest absolute Gasteiger partial charge is 0.305 e. The van der Waals surface area contributed by atoms with Crippen molar-refractivity contribution in [1.29, 1.82) is 0 Å². The molecular weight excluding hydrogens is 268 g/mol. The Morgan fingerprint density at radius 1 is 1.19 bits per heavy atom. The van der Waals surface area contributed by atoms with Crippen molar-refractivity contribution in [3.8, 4) is 0 Å². The van der Waals surface area contributed by atoms with Gasteiger partial charge in [0.2, 0.25) is 5.91 Å². The van der Waals surface area contributed by atoms with Crippen molar-refractivity contribution in [1.82, 2.24) is 10.9 Å². The molecule has 2 aromatic rings. The summed E-state index contributed by atoms with van der Waals surface area (Å²) in [5.74, 6) is 0.0249. The van der Waals surface area contributed by atoms with E-state index < -0.39 is 5.91 Å². The van der Waals surface area contributed by atoms with Crippen LogP contribution < -0.4 is 10.9 Å². The minimum atomic E-state index is -0.443. The van der Waals surface area contributed by atoms with Gasteiger partial charge in [0.25, 0.3) is 0 Å². The van der Waals surface area contributed by atoms with Crippen molar-refractivity contribution in [2.24, 2.45) is 5.92 Å². The lowest BCUT2D eigenvalue weighted by atomic mass is 10.1. The molecule has 2 rings (SSSR count). The predicted octanol–water partition coefficient (Wildman–Crippen LogP) is 2.94. The molecule has 0 radical (unpaired) electrons. The zero-order valence-electron chi connectivity index (χ0n) is 12.5. The van der Waals surface area contributed by atoms with Crippen LogP contribution in [0.4, 0.5) is 0 Å². The van der Waals surface area contributed by atoms with Crippen LogP contribution in [-0.4, -0.2) is 11.8 Å². The molecule has 0 saturated heterocycles. The lowest BCUT2D eigenvalue weighted by Gasteiger charge is -2.07. The molecule has 0 saturated carbocycles. The van der Waals surface area contributed by atoms with Gasteiger partial charge in [-0.2, -0.15) is 0 Å². The molecule has 0 atom stereocenters. The van der Waals surface area contributed by atoms with Crippen molar-refractivity contribution in [3.05, 3.63) is 35.6 Å². The molecule has 2 amide bonds. The van der Waals surface area contributed by atoms with Gasteiger partial charge in [-0.3, -0.25) is 20.4 Å². The van der Waals surface area contributed by atoms with E-state index in [9.17, 15) is 9.59 Å². The van der Waals surface area contributed by atoms with Crippen LogP contribution in [-0.2, 0) is 4.79 Å². The molecule has 5 heteroatoms. The molecule has 0 aliphatic heterocycles. The molecule has 5 nitrogen and oxygen atoms in total. The molecule has 21 heavy (non-hydrogen) atoms. The molecule has 2 N–H and O–H groups in total. The number of fused-ring (bicyclic) bond motifs is 1. The average molecular weight is 288 g/mol. The average Bonchev–Trinajstić information content (AvgIpc) is 2.80. The van der Waals surface area contributed by atoms with Crippen LogP contribution in [0, 0.1) is 12.8 Å². The van der Waals surface area contributed by atoms with E-state index in [2.05, 4.69) is 10.9 Å². The molecule has 0 fully saturated rings. The highest BCUT2D eigenvalue weighted by Crippen LogP contribution is 2.24. The SMILES string of the molecule is Cc1c(C(=O)NNC(=O)CCC(C)C)oc2ccccc12. The minimum absolute atomic E-state index is 0.203. The van der Waals surface area contributed by atoms with Crippen LogP contribution in [0.3, 0.4) is 0 Å². The first kappa shape index (κ1) is 15.1. The summed E-state index contributed by atoms with van der Waals surface area (Å²) < 4.78 is 5.53. The molecular formula is C16H20N2O3. The summed E-state index contributed by atoms with van der Waals surface area (Å²) in [7, 11) is 0. The number of furan rings is 1. The molecule has 1 heterocycles. The summed E-state index contributed by atoms with van der Waals surface area (Å²) in [6, 6.07) is 7.44. The fraction of sp³-hybridized carbons (Fsp3) is 0.375. The van der Waals surface area contributed by atoms with Crippen LogP contribution in [0.25, 0.3) is 11.0 Å². The lowest BCUT2D eigenvalue weighted by Crippen LogP contribution is -2.41. The largest absolute Gasteiger partial charge is 0.451 e. The Hall–Kier alpha value is -2.30. The summed E-state index contributed by atoms with van der Waals surface area (Å²) in [6.45, 7) is 5.91. The van der Waals surface area contributed by atoms with Gasteiger partial charge in [0, 0.05) is 17.4 Å². The fourth-order valence-electron chi connectivity index (χ4n) is 2.06. The molecule has 1 aromatic heterocycles. The van der Waals surface area contributed by atoms with Crippen molar-refractivity contribution in [3.63, 3.8) is 0 Å². The number of nitrogens with one attached hydrogen (secondary N) is 2. The second-order valence-electron chi connectivity index (χ2n) is 5.49. The number of benzene rings is 1. The van der Waals surface area contributed by atoms with E-state index in [0.29, 0.717) is 17.9 Å². The summed E-state index contributed by atoms with van der Waals surface area (Å²) in [5.41, 5.74) is 6.22. The predicted molar refractivity (Wildman–Crippen MR) is 80.6 cm³/mol. The monoisotopic (exact) mass is 288 g/mol. The number of carbonyl (C=O) groups is 2. The zero-order valence-corrected chi connectivity index (χ0v) is 12.5. The van der Waals surface area contributed by atoms with Gasteiger partial charge < -0.3 is 4.42 Å². The molecule has 0 unspecified atom stereocenters. The summed E-state index contributed by atoms with van der Waals surface area (Å²) in [6.07, 6.45) is 1.17. The summed E-state index contributed by atoms with van der Waals surface area (Å²) >= 11 is 0. The van der Waals surface area contributed by atoms with E-state index in [1.54, 1.807) is 6.07 Å². The number of carbonyl (C=O) groups excluding carboxylic acids is 2. The van der Waals surface area contributed by atoms with E-state index >= 15 is 0 Å². The van der Waals surface area contributed by atoms with E-state index in [1.807, 2.05) is 39.0 Å². The Morgan fingerprint density at radius 2 is 1.90 bits per heavy atom. The molecule has 112 valence electrons. The highest BCUT2D eigenvalue weighted by Gasteiger charge is 2.17. The Balaban J connectivity index is 1.99. The van der Waals surface area contributed by atoms with Crippen LogP contribution in [0.1, 0.15) is 42.8 Å². The quantitative estimate of drug-likeness (QED) is 0.850. The molecule has 1 aromatic carbocycles. The third-order valence-electron chi connectivity index (χ3n) is 3.31. The highest BCUT2D eigenvalue weighted by molar-refractivity contribution is 5.99. The van der Waals surface area contributed by atoms with Crippen molar-refractivity contribution >= 4 is 22.8 Å². The minimum Gasteiger partial charge on any atom is -0.451 e. The fourth-order valence-corrected chi connectivity index (χ4v) is 2.06. The number of rotatable bonds is 4. The Morgan fingerprint density at radius 3 is 2.57 bits per heavy atom. The second-order valence-corrected chi connectivity index (χ2v) is 5.49. The third-order valence-corrected chi connectivity index (χ3v) is 3.31. The van der Waals surface area contributed by atoms with Crippen LogP contribution in [0.5, 0.6) is 0 Å². The summed E-state index contributed by atoms with van der Waals surface area (Å²) in [4.78, 5) is 23.6. The van der Waals surface area contributed by atoms with E-state index in [4.69, 9.17) is 4.42 Å². The number of hydrogen-bond donors (Lipinski definition) is 2. The van der Waals surface area contributed by atoms with Gasteiger partial charge in [-0.25, -0.2) is 0 Å². The van der Waals surface area contributed by atoms with Crippen molar-refractivity contribution < 1.29 is 14.0 Å². The maximum atomic E-state index is 12.1. The number of hydrazine groups is 1. The number of hydrogen-bond acceptors (Lipinski definition) is 3. The van der Waals surface area contributed by atoms with Crippen LogP contribution >= 0.6 is 0 Å².